The molecule has 0 spiro atoms. The first kappa shape index (κ1) is 16.7. The van der Waals surface area contributed by atoms with Crippen molar-refractivity contribution in [1.29, 1.82) is 0 Å². The van der Waals surface area contributed by atoms with E-state index in [9.17, 15) is 9.18 Å². The van der Waals surface area contributed by atoms with Gasteiger partial charge in [0.2, 0.25) is 0 Å². The molecule has 4 heterocycles. The highest BCUT2D eigenvalue weighted by Crippen LogP contribution is 2.55. The van der Waals surface area contributed by atoms with Gasteiger partial charge in [-0.15, -0.1) is 0 Å². The molecule has 1 amide bonds. The van der Waals surface area contributed by atoms with E-state index in [-0.39, 0.29) is 11.8 Å². The average Bonchev–Trinajstić information content (AvgIpc) is 3.35. The van der Waals surface area contributed by atoms with E-state index in [0.29, 0.717) is 17.9 Å². The Morgan fingerprint density at radius 3 is 2.50 bits per heavy atom. The summed E-state index contributed by atoms with van der Waals surface area (Å²) in [4.78, 5) is 18.2. The van der Waals surface area contributed by atoms with Gasteiger partial charge in [0.05, 0.1) is 11.4 Å². The number of hydrogen-bond donors (Lipinski definition) is 0. The van der Waals surface area contributed by atoms with Crippen molar-refractivity contribution in [2.24, 2.45) is 0 Å². The van der Waals surface area contributed by atoms with E-state index < -0.39 is 0 Å². The van der Waals surface area contributed by atoms with Crippen molar-refractivity contribution in [3.8, 4) is 11.3 Å². The van der Waals surface area contributed by atoms with Crippen LogP contribution in [0.4, 0.5) is 9.18 Å². The van der Waals surface area contributed by atoms with E-state index >= 15 is 0 Å². The Balaban J connectivity index is 1.44. The van der Waals surface area contributed by atoms with Crippen LogP contribution in [-0.2, 0) is 0 Å². The molecule has 1 saturated carbocycles. The number of carbonyl (C=O) groups is 1. The maximum absolute atomic E-state index is 13.6. The van der Waals surface area contributed by atoms with E-state index in [1.165, 1.54) is 24.1 Å². The number of aromatic nitrogens is 2. The molecule has 6 heteroatoms. The van der Waals surface area contributed by atoms with E-state index in [1.807, 2.05) is 0 Å². The van der Waals surface area contributed by atoms with Crippen molar-refractivity contribution in [2.75, 3.05) is 26.2 Å². The highest BCUT2D eigenvalue weighted by molar-refractivity contribution is 5.81. The zero-order chi connectivity index (χ0) is 18.8. The zero-order valence-electron chi connectivity index (χ0n) is 16.0. The average molecular weight is 380 g/mol. The minimum Gasteiger partial charge on any atom is -0.318 e. The molecule has 1 aromatic heterocycles. The Bertz CT molecular complexity index is 929. The molecular formula is C22H25FN4O. The molecule has 5 nitrogen and oxygen atoms in total. The van der Waals surface area contributed by atoms with Gasteiger partial charge in [0.15, 0.2) is 0 Å². The third kappa shape index (κ3) is 2.40. The molecule has 0 radical (unpaired) electrons. The molecule has 2 aromatic rings. The summed E-state index contributed by atoms with van der Waals surface area (Å²) >= 11 is 0. The van der Waals surface area contributed by atoms with Gasteiger partial charge in [-0.25, -0.2) is 9.18 Å². The van der Waals surface area contributed by atoms with Crippen LogP contribution in [-0.4, -0.2) is 57.8 Å². The Morgan fingerprint density at radius 1 is 0.964 bits per heavy atom. The van der Waals surface area contributed by atoms with Crippen molar-refractivity contribution in [3.05, 3.63) is 41.3 Å². The Hall–Kier alpha value is -2.21. The number of piperidine rings is 1. The summed E-state index contributed by atoms with van der Waals surface area (Å²) in [5.41, 5.74) is 4.19. The first-order chi connectivity index (χ1) is 13.7. The molecule has 3 aliphatic heterocycles. The topological polar surface area (TPSA) is 41.4 Å². The van der Waals surface area contributed by atoms with E-state index in [0.717, 1.165) is 68.8 Å². The lowest BCUT2D eigenvalue weighted by Gasteiger charge is -2.31. The molecule has 1 aromatic carbocycles. The molecule has 4 fully saturated rings. The molecule has 2 aliphatic carbocycles. The lowest BCUT2D eigenvalue weighted by molar-refractivity contribution is 0.168. The van der Waals surface area contributed by atoms with Gasteiger partial charge in [0, 0.05) is 49.3 Å². The smallest absolute Gasteiger partial charge is 0.318 e. The maximum atomic E-state index is 13.6. The number of benzene rings is 1. The number of nitrogens with zero attached hydrogens (tertiary/aromatic N) is 4. The molecular weight excluding hydrogens is 355 g/mol. The zero-order valence-corrected chi connectivity index (χ0v) is 16.0. The minimum atomic E-state index is -0.243. The van der Waals surface area contributed by atoms with Gasteiger partial charge < -0.3 is 9.80 Å². The van der Waals surface area contributed by atoms with Gasteiger partial charge in [0.1, 0.15) is 5.82 Å². The van der Waals surface area contributed by atoms with Crippen LogP contribution in [0.15, 0.2) is 24.3 Å². The Morgan fingerprint density at radius 2 is 1.71 bits per heavy atom. The third-order valence-electron chi connectivity index (χ3n) is 7.39. The second-order valence-electron chi connectivity index (χ2n) is 8.82. The molecule has 146 valence electrons. The van der Waals surface area contributed by atoms with Gasteiger partial charge in [-0.2, -0.15) is 9.78 Å². The minimum absolute atomic E-state index is 0.0471. The van der Waals surface area contributed by atoms with Crippen LogP contribution in [0.25, 0.3) is 11.3 Å². The summed E-state index contributed by atoms with van der Waals surface area (Å²) in [5.74, 6) is 0.693. The van der Waals surface area contributed by atoms with Crippen molar-refractivity contribution < 1.29 is 9.18 Å². The molecule has 5 aliphatic rings. The lowest BCUT2D eigenvalue weighted by Crippen LogP contribution is -2.44. The van der Waals surface area contributed by atoms with E-state index in [4.69, 9.17) is 5.10 Å². The molecule has 4 bridgehead atoms. The van der Waals surface area contributed by atoms with Crippen LogP contribution in [0.5, 0.6) is 0 Å². The number of hydrogen-bond acceptors (Lipinski definition) is 3. The number of carbonyl (C=O) groups excluding carboxylic acids is 1. The molecule has 3 saturated heterocycles. The molecule has 28 heavy (non-hydrogen) atoms. The number of fused-ring (bicyclic) bond motifs is 9. The summed E-state index contributed by atoms with van der Waals surface area (Å²) in [6.07, 6.45) is 5.58. The van der Waals surface area contributed by atoms with Gasteiger partial charge in [-0.05, 0) is 62.3 Å². The fourth-order valence-electron chi connectivity index (χ4n) is 5.96. The van der Waals surface area contributed by atoms with Crippen LogP contribution in [0.1, 0.15) is 55.2 Å². The predicted octanol–water partition coefficient (Wildman–Crippen LogP) is 3.80. The normalized spacial score (nSPS) is 30.5. The van der Waals surface area contributed by atoms with Gasteiger partial charge in [-0.3, -0.25) is 0 Å². The van der Waals surface area contributed by atoms with Crippen LogP contribution in [0.2, 0.25) is 0 Å². The first-order valence-electron chi connectivity index (χ1n) is 10.6. The second kappa shape index (κ2) is 6.14. The second-order valence-corrected chi connectivity index (χ2v) is 8.82. The number of halogens is 1. The van der Waals surface area contributed by atoms with Gasteiger partial charge in [-0.1, -0.05) is 0 Å². The largest absolute Gasteiger partial charge is 0.345 e. The highest BCUT2D eigenvalue weighted by atomic mass is 19.1. The molecule has 2 atom stereocenters. The van der Waals surface area contributed by atoms with Crippen molar-refractivity contribution in [1.82, 2.24) is 19.6 Å². The molecule has 7 rings (SSSR count). The summed E-state index contributed by atoms with van der Waals surface area (Å²) in [7, 11) is 0. The fraction of sp³-hybridized carbons (Fsp3) is 0.545. The van der Waals surface area contributed by atoms with Crippen molar-refractivity contribution in [3.63, 3.8) is 0 Å². The van der Waals surface area contributed by atoms with E-state index in [1.54, 1.807) is 16.8 Å². The Labute approximate surface area is 164 Å². The molecule has 0 N–H and O–H groups in total. The monoisotopic (exact) mass is 380 g/mol. The van der Waals surface area contributed by atoms with Gasteiger partial charge >= 0.3 is 6.03 Å². The fourth-order valence-corrected chi connectivity index (χ4v) is 5.96. The number of amides is 1. The lowest BCUT2D eigenvalue weighted by atomic mass is 9.93. The standard InChI is InChI=1S/C22H25FN4O/c23-17-5-3-14(4-6-17)20-19-15-1-2-16(13-15)21(19)27(24-20)22(28)26-12-11-25-9-7-18(26)8-10-25/h3-6,15-16,18H,1-2,7-13H2. The Kier molecular flexibility index (Phi) is 3.67. The predicted molar refractivity (Wildman–Crippen MR) is 104 cm³/mol. The molecule has 2 unspecified atom stereocenters. The first-order valence-corrected chi connectivity index (χ1v) is 10.6. The maximum Gasteiger partial charge on any atom is 0.345 e. The SMILES string of the molecule is O=C(N1CCN2CCC1CC2)n1nc(-c2ccc(F)cc2)c2c1C1CCC2C1. The quantitative estimate of drug-likeness (QED) is 0.756. The van der Waals surface area contributed by atoms with Gasteiger partial charge in [0.25, 0.3) is 0 Å². The third-order valence-corrected chi connectivity index (χ3v) is 7.39. The number of rotatable bonds is 1. The van der Waals surface area contributed by atoms with Crippen LogP contribution in [0, 0.1) is 5.82 Å². The summed E-state index contributed by atoms with van der Waals surface area (Å²) < 4.78 is 15.2. The van der Waals surface area contributed by atoms with Crippen LogP contribution < -0.4 is 0 Å². The van der Waals surface area contributed by atoms with Crippen molar-refractivity contribution in [2.45, 2.75) is 50.0 Å². The van der Waals surface area contributed by atoms with Crippen LogP contribution in [0.3, 0.4) is 0 Å². The summed E-state index contributed by atoms with van der Waals surface area (Å²) in [6.45, 7) is 3.94. The highest BCUT2D eigenvalue weighted by Gasteiger charge is 2.45. The van der Waals surface area contributed by atoms with Crippen molar-refractivity contribution >= 4 is 6.03 Å². The summed E-state index contributed by atoms with van der Waals surface area (Å²) in [5, 5.41) is 4.85. The van der Waals surface area contributed by atoms with E-state index in [2.05, 4.69) is 9.80 Å². The summed E-state index contributed by atoms with van der Waals surface area (Å²) in [6, 6.07) is 6.93. The van der Waals surface area contributed by atoms with Crippen LogP contribution >= 0.6 is 0 Å².